The topological polar surface area (TPSA) is 143 Å². The Kier molecular flexibility index (Phi) is 10.0. The lowest BCUT2D eigenvalue weighted by molar-refractivity contribution is -0.153. The standard InChI is InChI=1S/C30H35FN6O6S/c1-7-8-13-42-28(39)30(4,5)36-25(38)24-19(3)26(37-33-11-12-34-37)44-27(24)35(29(36)40)16-23(43-17-18(2)15-32)21-14-20(31)9-10-22(21)41-6/h9-12,14,18,23H,7-8,13,16-17H2,1-6H3/t18?,23-/m0/s1. The number of fused-ring (bicyclic) bond motifs is 1. The third-order valence-electron chi connectivity index (χ3n) is 7.23. The van der Waals surface area contributed by atoms with Gasteiger partial charge in [-0.25, -0.2) is 18.5 Å². The number of hydrogen-bond donors (Lipinski definition) is 0. The number of carbonyl (C=O) groups is 1. The van der Waals surface area contributed by atoms with E-state index in [0.29, 0.717) is 28.3 Å². The highest BCUT2D eigenvalue weighted by Crippen LogP contribution is 2.34. The van der Waals surface area contributed by atoms with Crippen molar-refractivity contribution in [3.63, 3.8) is 0 Å². The molecule has 1 unspecified atom stereocenters. The van der Waals surface area contributed by atoms with Gasteiger partial charge in [0.1, 0.15) is 33.0 Å². The van der Waals surface area contributed by atoms with E-state index in [-0.39, 0.29) is 30.0 Å². The molecule has 0 saturated heterocycles. The predicted octanol–water partition coefficient (Wildman–Crippen LogP) is 4.26. The van der Waals surface area contributed by atoms with Gasteiger partial charge in [0.15, 0.2) is 0 Å². The molecule has 0 aliphatic carbocycles. The van der Waals surface area contributed by atoms with E-state index in [9.17, 15) is 24.0 Å². The molecule has 2 atom stereocenters. The molecule has 1 aromatic carbocycles. The minimum atomic E-state index is -1.68. The second kappa shape index (κ2) is 13.5. The lowest BCUT2D eigenvalue weighted by Crippen LogP contribution is -2.53. The van der Waals surface area contributed by atoms with Gasteiger partial charge in [-0.2, -0.15) is 15.5 Å². The van der Waals surface area contributed by atoms with Gasteiger partial charge in [-0.1, -0.05) is 24.7 Å². The minimum absolute atomic E-state index is 0.0282. The monoisotopic (exact) mass is 626 g/mol. The summed E-state index contributed by atoms with van der Waals surface area (Å²) in [6.07, 6.45) is 3.40. The number of carbonyl (C=O) groups excluding carboxylic acids is 1. The fourth-order valence-corrected chi connectivity index (χ4v) is 5.96. The van der Waals surface area contributed by atoms with E-state index < -0.39 is 40.6 Å². The van der Waals surface area contributed by atoms with Gasteiger partial charge < -0.3 is 14.2 Å². The van der Waals surface area contributed by atoms with E-state index in [1.807, 2.05) is 6.92 Å². The predicted molar refractivity (Wildman–Crippen MR) is 162 cm³/mol. The molecule has 12 nitrogen and oxygen atoms in total. The van der Waals surface area contributed by atoms with Crippen molar-refractivity contribution in [2.45, 2.75) is 65.6 Å². The maximum Gasteiger partial charge on any atom is 0.333 e. The molecule has 44 heavy (non-hydrogen) atoms. The maximum atomic E-state index is 14.5. The second-order valence-electron chi connectivity index (χ2n) is 10.9. The van der Waals surface area contributed by atoms with Crippen molar-refractivity contribution in [1.82, 2.24) is 24.1 Å². The first-order valence-electron chi connectivity index (χ1n) is 14.1. The summed E-state index contributed by atoms with van der Waals surface area (Å²) in [4.78, 5) is 43.4. The van der Waals surface area contributed by atoms with E-state index in [1.54, 1.807) is 13.8 Å². The van der Waals surface area contributed by atoms with Crippen molar-refractivity contribution < 1.29 is 23.4 Å². The van der Waals surface area contributed by atoms with E-state index >= 15 is 0 Å². The van der Waals surface area contributed by atoms with Crippen LogP contribution in [0.1, 0.15) is 57.8 Å². The number of hydrogen-bond acceptors (Lipinski definition) is 10. The Hall–Kier alpha value is -4.35. The Morgan fingerprint density at radius 1 is 1.23 bits per heavy atom. The number of rotatable bonds is 13. The molecule has 4 rings (SSSR count). The molecule has 0 radical (unpaired) electrons. The number of unbranched alkanes of at least 4 members (excludes halogenated alkanes) is 1. The highest BCUT2D eigenvalue weighted by molar-refractivity contribution is 7.21. The van der Waals surface area contributed by atoms with E-state index in [1.165, 1.54) is 60.9 Å². The van der Waals surface area contributed by atoms with E-state index in [0.717, 1.165) is 22.3 Å². The highest BCUT2D eigenvalue weighted by Gasteiger charge is 2.37. The van der Waals surface area contributed by atoms with Crippen molar-refractivity contribution >= 4 is 27.5 Å². The number of halogens is 1. The first-order chi connectivity index (χ1) is 21.0. The van der Waals surface area contributed by atoms with Crippen molar-refractivity contribution in [2.75, 3.05) is 20.3 Å². The molecular formula is C30H35FN6O6S. The molecule has 0 aliphatic rings. The summed E-state index contributed by atoms with van der Waals surface area (Å²) in [6, 6.07) is 6.03. The molecule has 234 valence electrons. The summed E-state index contributed by atoms with van der Waals surface area (Å²) in [5.74, 6) is -1.50. The molecule has 0 bridgehead atoms. The number of aryl methyl sites for hydroxylation is 1. The Morgan fingerprint density at radius 3 is 2.57 bits per heavy atom. The first-order valence-corrected chi connectivity index (χ1v) is 15.0. The lowest BCUT2D eigenvalue weighted by atomic mass is 10.0. The van der Waals surface area contributed by atoms with E-state index in [4.69, 9.17) is 14.2 Å². The molecule has 4 aromatic rings. The minimum Gasteiger partial charge on any atom is -0.496 e. The van der Waals surface area contributed by atoms with Crippen molar-refractivity contribution in [2.24, 2.45) is 5.92 Å². The van der Waals surface area contributed by atoms with Crippen LogP contribution in [0.2, 0.25) is 0 Å². The van der Waals surface area contributed by atoms with Crippen LogP contribution in [0.15, 0.2) is 40.2 Å². The van der Waals surface area contributed by atoms with Crippen molar-refractivity contribution in [3.05, 3.63) is 68.4 Å². The maximum absolute atomic E-state index is 14.5. The zero-order valence-corrected chi connectivity index (χ0v) is 26.3. The van der Waals surface area contributed by atoms with Crippen LogP contribution in [0, 0.1) is 30.0 Å². The van der Waals surface area contributed by atoms with Gasteiger partial charge >= 0.3 is 11.7 Å². The molecular weight excluding hydrogens is 591 g/mol. The van der Waals surface area contributed by atoms with Crippen LogP contribution >= 0.6 is 11.3 Å². The summed E-state index contributed by atoms with van der Waals surface area (Å²) in [5, 5.41) is 18.5. The molecule has 0 fully saturated rings. The summed E-state index contributed by atoms with van der Waals surface area (Å²) >= 11 is 1.12. The average Bonchev–Trinajstić information content (AvgIpc) is 3.64. The molecule has 0 saturated carbocycles. The molecule has 0 amide bonds. The van der Waals surface area contributed by atoms with Gasteiger partial charge in [0.2, 0.25) is 0 Å². The molecule has 3 heterocycles. The number of aromatic nitrogens is 5. The third-order valence-corrected chi connectivity index (χ3v) is 8.51. The largest absolute Gasteiger partial charge is 0.496 e. The third kappa shape index (κ3) is 6.29. The van der Waals surface area contributed by atoms with Crippen LogP contribution < -0.4 is 16.0 Å². The number of benzene rings is 1. The molecule has 0 N–H and O–H groups in total. The fourth-order valence-electron chi connectivity index (χ4n) is 4.74. The summed E-state index contributed by atoms with van der Waals surface area (Å²) in [6.45, 7) is 8.14. The Balaban J connectivity index is 2.00. The van der Waals surface area contributed by atoms with Crippen LogP contribution in [0.4, 0.5) is 4.39 Å². The fraction of sp³-hybridized carbons (Fsp3) is 0.467. The van der Waals surface area contributed by atoms with Gasteiger partial charge in [0.25, 0.3) is 5.56 Å². The van der Waals surface area contributed by atoms with Crippen molar-refractivity contribution in [3.8, 4) is 16.8 Å². The van der Waals surface area contributed by atoms with Crippen molar-refractivity contribution in [1.29, 1.82) is 5.26 Å². The number of esters is 1. The number of methoxy groups -OCH3 is 1. The van der Waals surface area contributed by atoms with Crippen LogP contribution in [0.5, 0.6) is 5.75 Å². The molecule has 3 aromatic heterocycles. The summed E-state index contributed by atoms with van der Waals surface area (Å²) in [7, 11) is 1.43. The number of nitrogens with zero attached hydrogens (tertiary/aromatic N) is 6. The van der Waals surface area contributed by atoms with Crippen LogP contribution in [0.25, 0.3) is 15.2 Å². The summed E-state index contributed by atoms with van der Waals surface area (Å²) < 4.78 is 33.8. The van der Waals surface area contributed by atoms with Gasteiger partial charge in [-0.15, -0.1) is 4.80 Å². The van der Waals surface area contributed by atoms with Gasteiger partial charge in [0.05, 0.1) is 56.6 Å². The zero-order valence-electron chi connectivity index (χ0n) is 25.5. The molecule has 0 aliphatic heterocycles. The quantitative estimate of drug-likeness (QED) is 0.157. The van der Waals surface area contributed by atoms with Crippen LogP contribution in [0.3, 0.4) is 0 Å². The van der Waals surface area contributed by atoms with Gasteiger partial charge in [-0.05, 0) is 52.3 Å². The van der Waals surface area contributed by atoms with Crippen LogP contribution in [-0.2, 0) is 26.4 Å². The average molecular weight is 627 g/mol. The Morgan fingerprint density at radius 2 is 1.93 bits per heavy atom. The number of nitriles is 1. The number of thiophene rings is 1. The smallest absolute Gasteiger partial charge is 0.333 e. The zero-order chi connectivity index (χ0) is 32.2. The van der Waals surface area contributed by atoms with Gasteiger partial charge in [-0.3, -0.25) is 9.36 Å². The van der Waals surface area contributed by atoms with E-state index in [2.05, 4.69) is 16.3 Å². The van der Waals surface area contributed by atoms with Crippen LogP contribution in [-0.4, -0.2) is 50.4 Å². The second-order valence-corrected chi connectivity index (χ2v) is 11.8. The first kappa shape index (κ1) is 32.6. The Bertz CT molecular complexity index is 1800. The highest BCUT2D eigenvalue weighted by atomic mass is 32.1. The lowest BCUT2D eigenvalue weighted by Gasteiger charge is -2.27. The summed E-state index contributed by atoms with van der Waals surface area (Å²) in [5.41, 5.74) is -2.35. The number of ether oxygens (including phenoxy) is 3. The molecule has 14 heteroatoms. The normalized spacial score (nSPS) is 13.0. The SMILES string of the molecule is CCCCOC(=O)C(C)(C)n1c(=O)c2c(C)c(-n3nccn3)sc2n(C[C@H](OCC(C)C#N)c2cc(F)ccc2OC)c1=O. The van der Waals surface area contributed by atoms with Gasteiger partial charge in [0, 0.05) is 11.1 Å². The Labute approximate surface area is 257 Å². The molecule has 0 spiro atoms.